The van der Waals surface area contributed by atoms with Crippen molar-refractivity contribution < 1.29 is 18.7 Å². The van der Waals surface area contributed by atoms with Crippen molar-refractivity contribution in [3.8, 4) is 5.88 Å². The van der Waals surface area contributed by atoms with Crippen LogP contribution in [0.5, 0.6) is 5.88 Å². The Labute approximate surface area is 216 Å². The summed E-state index contributed by atoms with van der Waals surface area (Å²) in [6, 6.07) is 5.19. The molecule has 9 nitrogen and oxygen atoms in total. The van der Waals surface area contributed by atoms with Crippen LogP contribution in [-0.2, 0) is 16.3 Å². The van der Waals surface area contributed by atoms with Gasteiger partial charge >= 0.3 is 0 Å². The van der Waals surface area contributed by atoms with Gasteiger partial charge in [-0.1, -0.05) is 31.2 Å². The molecule has 1 unspecified atom stereocenters. The summed E-state index contributed by atoms with van der Waals surface area (Å²) in [6.07, 6.45) is 4.54. The van der Waals surface area contributed by atoms with Crippen molar-refractivity contribution in [3.05, 3.63) is 41.6 Å². The third-order valence-electron chi connectivity index (χ3n) is 5.92. The van der Waals surface area contributed by atoms with Crippen LogP contribution in [0.4, 0.5) is 10.1 Å². The molecule has 194 valence electrons. The van der Waals surface area contributed by atoms with Gasteiger partial charge in [0, 0.05) is 31.9 Å². The molecular formula is C24H32ClFN6O3Si. The van der Waals surface area contributed by atoms with Crippen molar-refractivity contribution in [2.24, 2.45) is 0 Å². The zero-order chi connectivity index (χ0) is 25.7. The first-order valence-electron chi connectivity index (χ1n) is 12.1. The molecule has 3 aromatic rings. The normalized spacial score (nSPS) is 16.4. The molecule has 1 saturated heterocycles. The monoisotopic (exact) mass is 534 g/mol. The van der Waals surface area contributed by atoms with Gasteiger partial charge < -0.3 is 19.7 Å². The first-order valence-corrected chi connectivity index (χ1v) is 16.1. The molecule has 0 radical (unpaired) electrons. The molecule has 1 aliphatic heterocycles. The quantitative estimate of drug-likeness (QED) is 0.304. The highest BCUT2D eigenvalue weighted by atomic mass is 35.5. The Morgan fingerprint density at radius 1 is 1.28 bits per heavy atom. The number of hydrogen-bond acceptors (Lipinski definition) is 7. The minimum absolute atomic E-state index is 0.0364. The molecule has 1 fully saturated rings. The zero-order valence-corrected chi connectivity index (χ0v) is 22.6. The lowest BCUT2D eigenvalue weighted by molar-refractivity contribution is -0.131. The Bertz CT molecular complexity index is 1180. The summed E-state index contributed by atoms with van der Waals surface area (Å²) in [5.74, 6) is -0.110. The maximum atomic E-state index is 13.5. The first kappa shape index (κ1) is 26.3. The lowest BCUT2D eigenvalue weighted by Gasteiger charge is -2.32. The van der Waals surface area contributed by atoms with E-state index in [1.807, 2.05) is 0 Å². The van der Waals surface area contributed by atoms with Crippen LogP contribution in [0.25, 0.3) is 11.0 Å². The molecule has 1 N–H and O–H groups in total. The Hall–Kier alpha value is -2.76. The molecular weight excluding hydrogens is 503 g/mol. The van der Waals surface area contributed by atoms with E-state index in [1.165, 1.54) is 18.5 Å². The number of anilines is 1. The average molecular weight is 535 g/mol. The molecule has 0 bridgehead atoms. The number of hydrogen-bond donors (Lipinski definition) is 1. The molecule has 3 heterocycles. The summed E-state index contributed by atoms with van der Waals surface area (Å²) in [6.45, 7) is 9.06. The highest BCUT2D eigenvalue weighted by molar-refractivity contribution is 6.76. The Kier molecular flexibility index (Phi) is 8.42. The highest BCUT2D eigenvalue weighted by Gasteiger charge is 2.26. The number of ether oxygens (including phenoxy) is 2. The van der Waals surface area contributed by atoms with Crippen LogP contribution in [0.1, 0.15) is 12.8 Å². The molecule has 12 heteroatoms. The van der Waals surface area contributed by atoms with E-state index in [2.05, 4.69) is 40.0 Å². The number of carbonyl (C=O) groups excluding carboxylic acids is 1. The SMILES string of the molecule is C[Si](C)(C)CCOCn1ncc2c(OC3CCCN(C(=O)CNc4cc(F)cc(Cl)c4)C3)ncnc21. The zero-order valence-electron chi connectivity index (χ0n) is 20.8. The first-order chi connectivity index (χ1) is 17.2. The molecule has 1 aliphatic rings. The van der Waals surface area contributed by atoms with Gasteiger partial charge in [-0.3, -0.25) is 4.79 Å². The topological polar surface area (TPSA) is 94.4 Å². The summed E-state index contributed by atoms with van der Waals surface area (Å²) in [4.78, 5) is 23.2. The van der Waals surface area contributed by atoms with E-state index >= 15 is 0 Å². The van der Waals surface area contributed by atoms with Crippen molar-refractivity contribution in [1.29, 1.82) is 0 Å². The average Bonchev–Trinajstić information content (AvgIpc) is 3.23. The number of rotatable bonds is 10. The van der Waals surface area contributed by atoms with Gasteiger partial charge in [0.25, 0.3) is 0 Å². The van der Waals surface area contributed by atoms with Gasteiger partial charge in [0.1, 0.15) is 30.4 Å². The molecule has 36 heavy (non-hydrogen) atoms. The Morgan fingerprint density at radius 2 is 2.11 bits per heavy atom. The minimum atomic E-state index is -1.16. The largest absolute Gasteiger partial charge is 0.472 e. The van der Waals surface area contributed by atoms with Crippen molar-refractivity contribution in [2.45, 2.75) is 51.4 Å². The molecule has 4 rings (SSSR count). The van der Waals surface area contributed by atoms with Crippen LogP contribution in [0.2, 0.25) is 30.7 Å². The number of nitrogens with zero attached hydrogens (tertiary/aromatic N) is 5. The van der Waals surface area contributed by atoms with E-state index in [9.17, 15) is 9.18 Å². The summed E-state index contributed by atoms with van der Waals surface area (Å²) in [5, 5.41) is 8.33. The van der Waals surface area contributed by atoms with E-state index < -0.39 is 13.9 Å². The van der Waals surface area contributed by atoms with Crippen molar-refractivity contribution in [1.82, 2.24) is 24.6 Å². The van der Waals surface area contributed by atoms with Gasteiger partial charge in [-0.25, -0.2) is 19.0 Å². The molecule has 0 spiro atoms. The fraction of sp³-hybridized carbons (Fsp3) is 0.500. The molecule has 1 atom stereocenters. The van der Waals surface area contributed by atoms with E-state index in [-0.39, 0.29) is 23.6 Å². The maximum absolute atomic E-state index is 13.5. The van der Waals surface area contributed by atoms with Crippen molar-refractivity contribution in [3.63, 3.8) is 0 Å². The molecule has 1 amide bonds. The second kappa shape index (κ2) is 11.5. The predicted octanol–water partition coefficient (Wildman–Crippen LogP) is 4.41. The number of fused-ring (bicyclic) bond motifs is 1. The summed E-state index contributed by atoms with van der Waals surface area (Å²) < 4.78 is 27.3. The fourth-order valence-corrected chi connectivity index (χ4v) is 4.93. The highest BCUT2D eigenvalue weighted by Crippen LogP contribution is 2.25. The molecule has 2 aromatic heterocycles. The van der Waals surface area contributed by atoms with Crippen LogP contribution in [0, 0.1) is 5.82 Å². The smallest absolute Gasteiger partial charge is 0.241 e. The van der Waals surface area contributed by atoms with Gasteiger partial charge in [0.2, 0.25) is 11.8 Å². The van der Waals surface area contributed by atoms with Crippen LogP contribution >= 0.6 is 11.6 Å². The molecule has 0 aliphatic carbocycles. The van der Waals surface area contributed by atoms with Gasteiger partial charge in [0.05, 0.1) is 19.3 Å². The second-order valence-electron chi connectivity index (χ2n) is 10.1. The predicted molar refractivity (Wildman–Crippen MR) is 140 cm³/mol. The number of piperidine rings is 1. The van der Waals surface area contributed by atoms with E-state index in [1.54, 1.807) is 21.8 Å². The van der Waals surface area contributed by atoms with Gasteiger partial charge in [0.15, 0.2) is 5.65 Å². The minimum Gasteiger partial charge on any atom is -0.472 e. The van der Waals surface area contributed by atoms with Gasteiger partial charge in [-0.2, -0.15) is 5.10 Å². The summed E-state index contributed by atoms with van der Waals surface area (Å²) in [5.41, 5.74) is 1.11. The summed E-state index contributed by atoms with van der Waals surface area (Å²) >= 11 is 5.89. The molecule has 1 aromatic carbocycles. The number of carbonyl (C=O) groups is 1. The van der Waals surface area contributed by atoms with Crippen LogP contribution in [-0.4, -0.2) is 71.0 Å². The lowest BCUT2D eigenvalue weighted by Crippen LogP contribution is -2.46. The van der Waals surface area contributed by atoms with Crippen LogP contribution in [0.15, 0.2) is 30.7 Å². The molecule has 0 saturated carbocycles. The van der Waals surface area contributed by atoms with Crippen molar-refractivity contribution in [2.75, 3.05) is 31.6 Å². The maximum Gasteiger partial charge on any atom is 0.241 e. The fourth-order valence-electron chi connectivity index (χ4n) is 3.95. The summed E-state index contributed by atoms with van der Waals surface area (Å²) in [7, 11) is -1.16. The van der Waals surface area contributed by atoms with Crippen LogP contribution in [0.3, 0.4) is 0 Å². The van der Waals surface area contributed by atoms with Crippen molar-refractivity contribution >= 4 is 42.3 Å². The third-order valence-corrected chi connectivity index (χ3v) is 7.84. The number of aromatic nitrogens is 4. The van der Waals surface area contributed by atoms with E-state index in [0.29, 0.717) is 49.0 Å². The number of likely N-dealkylation sites (tertiary alicyclic amines) is 1. The van der Waals surface area contributed by atoms with Gasteiger partial charge in [-0.15, -0.1) is 0 Å². The lowest BCUT2D eigenvalue weighted by atomic mass is 10.1. The number of amides is 1. The van der Waals surface area contributed by atoms with Gasteiger partial charge in [-0.05, 0) is 37.1 Å². The van der Waals surface area contributed by atoms with Crippen LogP contribution < -0.4 is 10.1 Å². The third kappa shape index (κ3) is 7.14. The second-order valence-corrected chi connectivity index (χ2v) is 16.2. The number of halogens is 2. The number of benzene rings is 1. The van der Waals surface area contributed by atoms with E-state index in [4.69, 9.17) is 21.1 Å². The number of nitrogens with one attached hydrogen (secondary N) is 1. The Balaban J connectivity index is 1.33. The Morgan fingerprint density at radius 3 is 2.89 bits per heavy atom. The standard InChI is InChI=1S/C24H32ClFN6O3Si/c1-36(2,3)8-7-34-16-32-23-21(12-30-32)24(29-15-28-23)35-20-5-4-6-31(14-20)22(33)13-27-19-10-17(25)9-18(26)11-19/h9-12,15,20,27H,4-8,13-14,16H2,1-3H3. The van der Waals surface area contributed by atoms with E-state index in [0.717, 1.165) is 18.9 Å².